The van der Waals surface area contributed by atoms with Crippen molar-refractivity contribution in [3.8, 4) is 0 Å². The van der Waals surface area contributed by atoms with Gasteiger partial charge in [0.15, 0.2) is 0 Å². The Bertz CT molecular complexity index is 985. The number of nitrogens with zero attached hydrogens (tertiary/aromatic N) is 1. The summed E-state index contributed by atoms with van der Waals surface area (Å²) in [5.74, 6) is -0.627. The fourth-order valence-electron chi connectivity index (χ4n) is 4.04. The first kappa shape index (κ1) is 25.9. The number of urea groups is 1. The largest absolute Gasteiger partial charge is 0.459 e. The number of anilines is 1. The highest BCUT2D eigenvalue weighted by Crippen LogP contribution is 2.28. The van der Waals surface area contributed by atoms with E-state index in [1.54, 1.807) is 18.2 Å². The van der Waals surface area contributed by atoms with Gasteiger partial charge in [-0.3, -0.25) is 15.0 Å². The zero-order valence-electron chi connectivity index (χ0n) is 20.1. The Morgan fingerprint density at radius 3 is 2.53 bits per heavy atom. The summed E-state index contributed by atoms with van der Waals surface area (Å²) in [4.78, 5) is 40.1. The number of hydrogen-bond donors (Lipinski definition) is 2. The molecule has 2 atom stereocenters. The summed E-state index contributed by atoms with van der Waals surface area (Å²) < 4.78 is 5.23. The number of nitrogens with one attached hydrogen (secondary N) is 1. The van der Waals surface area contributed by atoms with E-state index in [1.165, 1.54) is 16.2 Å². The molecular weight excluding hydrogens is 452 g/mol. The van der Waals surface area contributed by atoms with Crippen LogP contribution >= 0.6 is 11.3 Å². The van der Waals surface area contributed by atoms with E-state index in [4.69, 9.17) is 4.74 Å². The average Bonchev–Trinajstić information content (AvgIpc) is 3.38. The van der Waals surface area contributed by atoms with Gasteiger partial charge in [-0.05, 0) is 69.4 Å². The Labute approximate surface area is 205 Å². The van der Waals surface area contributed by atoms with Crippen LogP contribution in [0.4, 0.5) is 10.5 Å². The number of benzene rings is 1. The smallest absolute Gasteiger partial charge is 0.348 e. The lowest BCUT2D eigenvalue weighted by Gasteiger charge is -2.22. The van der Waals surface area contributed by atoms with Gasteiger partial charge in [0.2, 0.25) is 0 Å². The summed E-state index contributed by atoms with van der Waals surface area (Å²) in [6, 6.07) is 9.87. The summed E-state index contributed by atoms with van der Waals surface area (Å²) >= 11 is 1.40. The third-order valence-electron chi connectivity index (χ3n) is 5.81. The molecule has 0 spiro atoms. The molecular formula is C26H34N2O5S. The van der Waals surface area contributed by atoms with Crippen molar-refractivity contribution in [2.45, 2.75) is 84.0 Å². The van der Waals surface area contributed by atoms with Gasteiger partial charge in [-0.2, -0.15) is 0 Å². The van der Waals surface area contributed by atoms with Crippen molar-refractivity contribution in [1.29, 1.82) is 0 Å². The Morgan fingerprint density at radius 2 is 1.85 bits per heavy atom. The highest BCUT2D eigenvalue weighted by Gasteiger charge is 2.38. The quantitative estimate of drug-likeness (QED) is 0.239. The van der Waals surface area contributed by atoms with Gasteiger partial charge in [-0.25, -0.2) is 9.59 Å². The van der Waals surface area contributed by atoms with Crippen LogP contribution in [0.5, 0.6) is 0 Å². The van der Waals surface area contributed by atoms with Crippen molar-refractivity contribution in [3.63, 3.8) is 0 Å². The van der Waals surface area contributed by atoms with Crippen LogP contribution < -0.4 is 10.2 Å². The van der Waals surface area contributed by atoms with E-state index in [9.17, 15) is 19.5 Å². The minimum absolute atomic E-state index is 0.166. The number of aryl methyl sites for hydroxylation is 1. The third kappa shape index (κ3) is 6.67. The standard InChI is InChI=1S/C26H34N2O5S/c1-4-5-6-10-22(29)18-11-13-19(14-12-18)28-21(24(30)27-26(28)32)9-7-8-20-15-16-23(34-20)25(31)33-17(2)3/h11-17,21-22,29H,4-10H2,1-3H3,(H,27,30,32)/t21?,22-/m0/s1. The number of thiophene rings is 1. The first-order valence-electron chi connectivity index (χ1n) is 12.0. The molecule has 1 aliphatic heterocycles. The summed E-state index contributed by atoms with van der Waals surface area (Å²) in [7, 11) is 0. The van der Waals surface area contributed by atoms with Gasteiger partial charge in [0.05, 0.1) is 12.2 Å². The molecule has 1 fully saturated rings. The van der Waals surface area contributed by atoms with Crippen LogP contribution in [-0.4, -0.2) is 35.2 Å². The van der Waals surface area contributed by atoms with Crippen molar-refractivity contribution in [2.75, 3.05) is 4.90 Å². The van der Waals surface area contributed by atoms with Gasteiger partial charge in [0.1, 0.15) is 10.9 Å². The van der Waals surface area contributed by atoms with E-state index < -0.39 is 18.2 Å². The van der Waals surface area contributed by atoms with E-state index in [0.717, 1.165) is 29.7 Å². The second-order valence-corrected chi connectivity index (χ2v) is 10.1. The molecule has 1 aromatic heterocycles. The topological polar surface area (TPSA) is 95.9 Å². The number of amides is 3. The molecule has 0 radical (unpaired) electrons. The van der Waals surface area contributed by atoms with E-state index in [-0.39, 0.29) is 18.0 Å². The van der Waals surface area contributed by atoms with Crippen molar-refractivity contribution in [2.24, 2.45) is 0 Å². The molecule has 1 aliphatic rings. The minimum atomic E-state index is -0.585. The lowest BCUT2D eigenvalue weighted by molar-refractivity contribution is -0.120. The average molecular weight is 487 g/mol. The number of aliphatic hydroxyl groups is 1. The Kier molecular flexibility index (Phi) is 9.24. The van der Waals surface area contributed by atoms with E-state index in [1.807, 2.05) is 32.0 Å². The summed E-state index contributed by atoms with van der Waals surface area (Å²) in [6.07, 6.45) is 5.06. The van der Waals surface area contributed by atoms with Gasteiger partial charge in [0.25, 0.3) is 5.91 Å². The Morgan fingerprint density at radius 1 is 1.12 bits per heavy atom. The molecule has 1 aromatic carbocycles. The second kappa shape index (κ2) is 12.1. The molecule has 2 aromatic rings. The number of ether oxygens (including phenoxy) is 1. The van der Waals surface area contributed by atoms with Crippen molar-refractivity contribution < 1.29 is 24.2 Å². The normalized spacial score (nSPS) is 16.7. The molecule has 0 bridgehead atoms. The van der Waals surface area contributed by atoms with Gasteiger partial charge in [-0.15, -0.1) is 11.3 Å². The fraction of sp³-hybridized carbons (Fsp3) is 0.500. The molecule has 2 N–H and O–H groups in total. The van der Waals surface area contributed by atoms with Crippen LogP contribution in [0, 0.1) is 0 Å². The minimum Gasteiger partial charge on any atom is -0.459 e. The van der Waals surface area contributed by atoms with E-state index >= 15 is 0 Å². The maximum atomic E-state index is 12.5. The molecule has 3 rings (SSSR count). The summed E-state index contributed by atoms with van der Waals surface area (Å²) in [5, 5.41) is 12.8. The monoisotopic (exact) mass is 486 g/mol. The van der Waals surface area contributed by atoms with Crippen LogP contribution in [-0.2, 0) is 16.0 Å². The fourth-order valence-corrected chi connectivity index (χ4v) is 4.97. The van der Waals surface area contributed by atoms with Crippen molar-refractivity contribution in [1.82, 2.24) is 5.32 Å². The molecule has 34 heavy (non-hydrogen) atoms. The van der Waals surface area contributed by atoms with Crippen LogP contribution in [0.3, 0.4) is 0 Å². The SMILES string of the molecule is CCCCC[C@H](O)c1ccc(N2C(=O)NC(=O)C2CCCc2ccc(C(=O)OC(C)C)s2)cc1. The van der Waals surface area contributed by atoms with Gasteiger partial charge in [-0.1, -0.05) is 38.3 Å². The van der Waals surface area contributed by atoms with E-state index in [2.05, 4.69) is 12.2 Å². The molecule has 0 aliphatic carbocycles. The number of imide groups is 1. The first-order chi connectivity index (χ1) is 16.3. The van der Waals surface area contributed by atoms with Gasteiger partial charge >= 0.3 is 12.0 Å². The summed E-state index contributed by atoms with van der Waals surface area (Å²) in [6.45, 7) is 5.76. The lowest BCUT2D eigenvalue weighted by Crippen LogP contribution is -2.35. The maximum Gasteiger partial charge on any atom is 0.348 e. The molecule has 1 saturated heterocycles. The zero-order valence-corrected chi connectivity index (χ0v) is 20.9. The van der Waals surface area contributed by atoms with Crippen LogP contribution in [0.1, 0.15) is 85.5 Å². The molecule has 3 amide bonds. The van der Waals surface area contributed by atoms with Gasteiger partial charge in [0, 0.05) is 10.6 Å². The highest BCUT2D eigenvalue weighted by atomic mass is 32.1. The first-order valence-corrected chi connectivity index (χ1v) is 12.8. The third-order valence-corrected chi connectivity index (χ3v) is 6.93. The van der Waals surface area contributed by atoms with Crippen molar-refractivity contribution >= 4 is 34.9 Å². The molecule has 2 heterocycles. The predicted octanol–water partition coefficient (Wildman–Crippen LogP) is 5.37. The maximum absolute atomic E-state index is 12.5. The number of aliphatic hydroxyl groups excluding tert-OH is 1. The number of hydrogen-bond acceptors (Lipinski definition) is 6. The summed E-state index contributed by atoms with van der Waals surface area (Å²) in [5.41, 5.74) is 1.44. The Balaban J connectivity index is 1.59. The van der Waals surface area contributed by atoms with Crippen molar-refractivity contribution in [3.05, 3.63) is 51.7 Å². The highest BCUT2D eigenvalue weighted by molar-refractivity contribution is 7.13. The molecule has 184 valence electrons. The van der Waals surface area contributed by atoms with Gasteiger partial charge < -0.3 is 9.84 Å². The second-order valence-electron chi connectivity index (χ2n) is 8.90. The number of unbranched alkanes of at least 4 members (excludes halogenated alkanes) is 2. The zero-order chi connectivity index (χ0) is 24.7. The number of carbonyl (C=O) groups is 3. The number of esters is 1. The Hall–Kier alpha value is -2.71. The van der Waals surface area contributed by atoms with Crippen LogP contribution in [0.15, 0.2) is 36.4 Å². The molecule has 8 heteroatoms. The molecule has 1 unspecified atom stereocenters. The van der Waals surface area contributed by atoms with Crippen LogP contribution in [0.2, 0.25) is 0 Å². The predicted molar refractivity (Wildman–Crippen MR) is 133 cm³/mol. The van der Waals surface area contributed by atoms with Crippen LogP contribution in [0.25, 0.3) is 0 Å². The van der Waals surface area contributed by atoms with E-state index in [0.29, 0.717) is 36.2 Å². The lowest BCUT2D eigenvalue weighted by atomic mass is 10.0. The number of rotatable bonds is 12. The molecule has 0 saturated carbocycles. The molecule has 7 nitrogen and oxygen atoms in total. The number of carbonyl (C=O) groups excluding carboxylic acids is 3.